The molecule has 1 aliphatic heterocycles. The summed E-state index contributed by atoms with van der Waals surface area (Å²) in [5.41, 5.74) is 2.16. The Morgan fingerprint density at radius 1 is 1.35 bits per heavy atom. The molecule has 3 nitrogen and oxygen atoms in total. The molecule has 1 atom stereocenters. The maximum Gasteiger partial charge on any atom is 0.223 e. The minimum absolute atomic E-state index is 0.105. The van der Waals surface area contributed by atoms with E-state index in [9.17, 15) is 4.79 Å². The third-order valence-corrected chi connectivity index (χ3v) is 3.32. The van der Waals surface area contributed by atoms with Crippen LogP contribution in [0.15, 0.2) is 24.3 Å². The molecule has 1 heterocycles. The molecular formula is C14H20N2O. The molecule has 1 N–H and O–H groups in total. The lowest BCUT2D eigenvalue weighted by Gasteiger charge is -2.41. The van der Waals surface area contributed by atoms with Gasteiger partial charge in [0.2, 0.25) is 5.91 Å². The van der Waals surface area contributed by atoms with Crippen molar-refractivity contribution >= 4 is 17.3 Å². The van der Waals surface area contributed by atoms with Gasteiger partial charge in [0.05, 0.1) is 11.4 Å². The predicted molar refractivity (Wildman–Crippen MR) is 71.3 cm³/mol. The van der Waals surface area contributed by atoms with Crippen molar-refractivity contribution in [2.75, 3.05) is 16.8 Å². The van der Waals surface area contributed by atoms with E-state index in [-0.39, 0.29) is 17.4 Å². The van der Waals surface area contributed by atoms with Crippen LogP contribution in [-0.4, -0.2) is 18.5 Å². The number of carbonyl (C=O) groups is 1. The number of hydrogen-bond acceptors (Lipinski definition) is 2. The van der Waals surface area contributed by atoms with E-state index in [2.05, 4.69) is 26.1 Å². The molecule has 0 saturated heterocycles. The average Bonchev–Trinajstić information content (AvgIpc) is 2.26. The average molecular weight is 232 g/mol. The van der Waals surface area contributed by atoms with Gasteiger partial charge in [0, 0.05) is 19.5 Å². The van der Waals surface area contributed by atoms with E-state index in [1.165, 1.54) is 0 Å². The van der Waals surface area contributed by atoms with Crippen LogP contribution in [0.5, 0.6) is 0 Å². The van der Waals surface area contributed by atoms with Crippen molar-refractivity contribution < 1.29 is 4.79 Å². The van der Waals surface area contributed by atoms with E-state index in [1.807, 2.05) is 29.2 Å². The summed E-state index contributed by atoms with van der Waals surface area (Å²) in [7, 11) is 0. The van der Waals surface area contributed by atoms with Gasteiger partial charge in [0.15, 0.2) is 0 Å². The smallest absolute Gasteiger partial charge is 0.223 e. The van der Waals surface area contributed by atoms with Crippen LogP contribution in [0.4, 0.5) is 11.4 Å². The molecule has 92 valence electrons. The Labute approximate surface area is 103 Å². The van der Waals surface area contributed by atoms with Gasteiger partial charge in [-0.1, -0.05) is 32.9 Å². The van der Waals surface area contributed by atoms with Gasteiger partial charge in [0.25, 0.3) is 0 Å². The van der Waals surface area contributed by atoms with Gasteiger partial charge in [-0.15, -0.1) is 0 Å². The predicted octanol–water partition coefficient (Wildman–Crippen LogP) is 2.88. The summed E-state index contributed by atoms with van der Waals surface area (Å²) in [6, 6.07) is 8.26. The van der Waals surface area contributed by atoms with Crippen LogP contribution in [0.2, 0.25) is 0 Å². The van der Waals surface area contributed by atoms with E-state index in [4.69, 9.17) is 0 Å². The minimum Gasteiger partial charge on any atom is -0.378 e. The Bertz CT molecular complexity index is 434. The lowest BCUT2D eigenvalue weighted by atomic mass is 9.85. The summed E-state index contributed by atoms with van der Waals surface area (Å²) >= 11 is 0. The van der Waals surface area contributed by atoms with E-state index >= 15 is 0 Å². The SMILES string of the molecule is CC(=O)N1CC(C(C)(C)C)Nc2ccccc21. The number of nitrogens with one attached hydrogen (secondary N) is 1. The number of rotatable bonds is 0. The lowest BCUT2D eigenvalue weighted by Crippen LogP contribution is -2.49. The molecule has 1 amide bonds. The van der Waals surface area contributed by atoms with Crippen LogP contribution in [0.3, 0.4) is 0 Å². The minimum atomic E-state index is 0.105. The second-order valence-electron chi connectivity index (χ2n) is 5.71. The quantitative estimate of drug-likeness (QED) is 0.746. The summed E-state index contributed by atoms with van der Waals surface area (Å²) < 4.78 is 0. The molecule has 3 heteroatoms. The highest BCUT2D eigenvalue weighted by atomic mass is 16.2. The second-order valence-corrected chi connectivity index (χ2v) is 5.71. The zero-order valence-corrected chi connectivity index (χ0v) is 10.9. The number of benzene rings is 1. The van der Waals surface area contributed by atoms with Gasteiger partial charge < -0.3 is 10.2 Å². The van der Waals surface area contributed by atoms with Crippen LogP contribution < -0.4 is 10.2 Å². The summed E-state index contributed by atoms with van der Waals surface area (Å²) in [5.74, 6) is 0.105. The van der Waals surface area contributed by atoms with Crippen LogP contribution in [-0.2, 0) is 4.79 Å². The first-order valence-electron chi connectivity index (χ1n) is 6.03. The van der Waals surface area contributed by atoms with E-state index in [0.29, 0.717) is 0 Å². The zero-order valence-electron chi connectivity index (χ0n) is 10.9. The largest absolute Gasteiger partial charge is 0.378 e. The van der Waals surface area contributed by atoms with Gasteiger partial charge in [0.1, 0.15) is 0 Å². The fourth-order valence-corrected chi connectivity index (χ4v) is 2.13. The molecule has 0 radical (unpaired) electrons. The fourth-order valence-electron chi connectivity index (χ4n) is 2.13. The molecule has 1 aromatic rings. The third kappa shape index (κ3) is 2.28. The number of carbonyl (C=O) groups excluding carboxylic acids is 1. The van der Waals surface area contributed by atoms with Gasteiger partial charge in [-0.3, -0.25) is 4.79 Å². The van der Waals surface area contributed by atoms with E-state index < -0.39 is 0 Å². The van der Waals surface area contributed by atoms with E-state index in [0.717, 1.165) is 17.9 Å². The van der Waals surface area contributed by atoms with Crippen molar-refractivity contribution in [1.29, 1.82) is 0 Å². The number of amides is 1. The maximum atomic E-state index is 11.7. The second kappa shape index (κ2) is 4.06. The molecule has 2 rings (SSSR count). The molecule has 1 aromatic carbocycles. The summed E-state index contributed by atoms with van der Waals surface area (Å²) in [6.07, 6.45) is 0. The van der Waals surface area contributed by atoms with Crippen LogP contribution in [0.25, 0.3) is 0 Å². The number of nitrogens with zero attached hydrogens (tertiary/aromatic N) is 1. The number of hydrogen-bond donors (Lipinski definition) is 1. The summed E-state index contributed by atoms with van der Waals surface area (Å²) in [5, 5.41) is 3.53. The Balaban J connectivity index is 2.40. The number of fused-ring (bicyclic) bond motifs is 1. The van der Waals surface area contributed by atoms with Crippen molar-refractivity contribution in [3.8, 4) is 0 Å². The molecule has 0 saturated carbocycles. The highest BCUT2D eigenvalue weighted by molar-refractivity contribution is 5.96. The molecule has 1 aliphatic rings. The maximum absolute atomic E-state index is 11.7. The molecule has 0 aliphatic carbocycles. The molecule has 0 bridgehead atoms. The zero-order chi connectivity index (χ0) is 12.6. The first kappa shape index (κ1) is 12.0. The Morgan fingerprint density at radius 3 is 2.59 bits per heavy atom. The topological polar surface area (TPSA) is 32.3 Å². The van der Waals surface area contributed by atoms with Crippen LogP contribution in [0.1, 0.15) is 27.7 Å². The fraction of sp³-hybridized carbons (Fsp3) is 0.500. The van der Waals surface area contributed by atoms with Crippen molar-refractivity contribution in [2.24, 2.45) is 5.41 Å². The van der Waals surface area contributed by atoms with Crippen molar-refractivity contribution in [2.45, 2.75) is 33.7 Å². The number of anilines is 2. The molecule has 0 fully saturated rings. The third-order valence-electron chi connectivity index (χ3n) is 3.32. The van der Waals surface area contributed by atoms with Gasteiger partial charge in [-0.05, 0) is 17.5 Å². The highest BCUT2D eigenvalue weighted by Crippen LogP contribution is 2.35. The van der Waals surface area contributed by atoms with Gasteiger partial charge >= 0.3 is 0 Å². The van der Waals surface area contributed by atoms with Crippen molar-refractivity contribution in [3.63, 3.8) is 0 Å². The molecule has 0 spiro atoms. The molecule has 0 aromatic heterocycles. The normalized spacial score (nSPS) is 19.5. The standard InChI is InChI=1S/C14H20N2O/c1-10(17)16-9-13(14(2,3)4)15-11-7-5-6-8-12(11)16/h5-8,13,15H,9H2,1-4H3. The monoisotopic (exact) mass is 232 g/mol. The van der Waals surface area contributed by atoms with Crippen molar-refractivity contribution in [1.82, 2.24) is 0 Å². The lowest BCUT2D eigenvalue weighted by molar-refractivity contribution is -0.116. The summed E-state index contributed by atoms with van der Waals surface area (Å²) in [4.78, 5) is 13.6. The van der Waals surface area contributed by atoms with E-state index in [1.54, 1.807) is 6.92 Å². The number of para-hydroxylation sites is 2. The van der Waals surface area contributed by atoms with Crippen LogP contribution >= 0.6 is 0 Å². The molecule has 17 heavy (non-hydrogen) atoms. The van der Waals surface area contributed by atoms with Crippen LogP contribution in [0, 0.1) is 5.41 Å². The Kier molecular flexibility index (Phi) is 2.86. The molecular weight excluding hydrogens is 212 g/mol. The Morgan fingerprint density at radius 2 is 2.00 bits per heavy atom. The van der Waals surface area contributed by atoms with Gasteiger partial charge in [-0.25, -0.2) is 0 Å². The van der Waals surface area contributed by atoms with Crippen molar-refractivity contribution in [3.05, 3.63) is 24.3 Å². The van der Waals surface area contributed by atoms with Gasteiger partial charge in [-0.2, -0.15) is 0 Å². The first-order chi connectivity index (χ1) is 7.89. The summed E-state index contributed by atoms with van der Waals surface area (Å²) in [6.45, 7) is 8.93. The first-order valence-corrected chi connectivity index (χ1v) is 6.03. The Hall–Kier alpha value is -1.51. The highest BCUT2D eigenvalue weighted by Gasteiger charge is 2.33. The molecule has 1 unspecified atom stereocenters.